The number of hydrogen-bond donors (Lipinski definition) is 2. The van der Waals surface area contributed by atoms with Gasteiger partial charge in [0.15, 0.2) is 0 Å². The molecule has 0 aromatic heterocycles. The van der Waals surface area contributed by atoms with Crippen molar-refractivity contribution in [1.29, 1.82) is 0 Å². The number of primary amides is 1. The Kier molecular flexibility index (Phi) is 4.69. The summed E-state index contributed by atoms with van der Waals surface area (Å²) in [5.41, 5.74) is 5.00. The third-order valence-corrected chi connectivity index (χ3v) is 3.76. The molecule has 0 fully saturated rings. The van der Waals surface area contributed by atoms with E-state index in [9.17, 15) is 13.2 Å². The van der Waals surface area contributed by atoms with Crippen LogP contribution in [0, 0.1) is 0 Å². The molecular weight excluding hydrogens is 256 g/mol. The smallest absolute Gasteiger partial charge is 0.241 e. The largest absolute Gasteiger partial charge is 0.494 e. The van der Waals surface area contributed by atoms with Gasteiger partial charge in [-0.25, -0.2) is 8.42 Å². The number of nitrogens with two attached hydrogens (primary N) is 1. The number of ether oxygens (including phenoxy) is 1. The zero-order valence-electron chi connectivity index (χ0n) is 10.2. The summed E-state index contributed by atoms with van der Waals surface area (Å²) >= 11 is 0. The molecule has 0 aliphatic heterocycles. The van der Waals surface area contributed by atoms with Crippen molar-refractivity contribution in [3.05, 3.63) is 24.3 Å². The van der Waals surface area contributed by atoms with E-state index in [-0.39, 0.29) is 4.90 Å². The van der Waals surface area contributed by atoms with E-state index in [2.05, 4.69) is 4.72 Å². The monoisotopic (exact) mass is 272 g/mol. The molecule has 0 heterocycles. The Morgan fingerprint density at radius 1 is 1.39 bits per heavy atom. The number of nitrogens with one attached hydrogen (secondary N) is 1. The SMILES string of the molecule is CCOc1ccc(S(=O)(=O)N[C@@H](C)C(N)=O)cc1. The van der Waals surface area contributed by atoms with Crippen LogP contribution >= 0.6 is 0 Å². The van der Waals surface area contributed by atoms with E-state index in [1.807, 2.05) is 6.92 Å². The normalized spacial score (nSPS) is 13.0. The maximum Gasteiger partial charge on any atom is 0.241 e. The van der Waals surface area contributed by atoms with Gasteiger partial charge in [-0.1, -0.05) is 0 Å². The number of rotatable bonds is 6. The predicted molar refractivity (Wildman–Crippen MR) is 66.6 cm³/mol. The molecule has 0 aliphatic rings. The molecule has 1 atom stereocenters. The molecule has 0 aliphatic carbocycles. The Morgan fingerprint density at radius 3 is 2.39 bits per heavy atom. The van der Waals surface area contributed by atoms with Crippen LogP contribution in [0.2, 0.25) is 0 Å². The van der Waals surface area contributed by atoms with E-state index in [4.69, 9.17) is 10.5 Å². The molecule has 100 valence electrons. The van der Waals surface area contributed by atoms with E-state index >= 15 is 0 Å². The molecule has 6 nitrogen and oxygen atoms in total. The Labute approximate surface area is 106 Å². The summed E-state index contributed by atoms with van der Waals surface area (Å²) < 4.78 is 31.1. The van der Waals surface area contributed by atoms with Crippen molar-refractivity contribution in [3.63, 3.8) is 0 Å². The van der Waals surface area contributed by atoms with Gasteiger partial charge in [0.25, 0.3) is 0 Å². The summed E-state index contributed by atoms with van der Waals surface area (Å²) in [7, 11) is -3.74. The maximum absolute atomic E-state index is 11.9. The fourth-order valence-corrected chi connectivity index (χ4v) is 2.45. The van der Waals surface area contributed by atoms with Gasteiger partial charge < -0.3 is 10.5 Å². The highest BCUT2D eigenvalue weighted by Gasteiger charge is 2.20. The van der Waals surface area contributed by atoms with Gasteiger partial charge in [0.05, 0.1) is 17.5 Å². The highest BCUT2D eigenvalue weighted by molar-refractivity contribution is 7.89. The third kappa shape index (κ3) is 3.71. The molecule has 18 heavy (non-hydrogen) atoms. The van der Waals surface area contributed by atoms with Gasteiger partial charge in [0, 0.05) is 0 Å². The van der Waals surface area contributed by atoms with Crippen LogP contribution in [-0.4, -0.2) is 27.0 Å². The quantitative estimate of drug-likeness (QED) is 0.774. The second-order valence-electron chi connectivity index (χ2n) is 3.65. The molecule has 1 rings (SSSR count). The second kappa shape index (κ2) is 5.83. The first-order chi connectivity index (χ1) is 8.36. The summed E-state index contributed by atoms with van der Waals surface area (Å²) in [5.74, 6) is -0.149. The van der Waals surface area contributed by atoms with Crippen LogP contribution < -0.4 is 15.2 Å². The first kappa shape index (κ1) is 14.5. The molecule has 1 aromatic rings. The Hall–Kier alpha value is -1.60. The molecule has 1 amide bonds. The molecule has 0 saturated carbocycles. The van der Waals surface area contributed by atoms with Gasteiger partial charge in [-0.15, -0.1) is 0 Å². The summed E-state index contributed by atoms with van der Waals surface area (Å²) in [6.45, 7) is 3.72. The molecule has 0 saturated heterocycles. The minimum atomic E-state index is -3.74. The highest BCUT2D eigenvalue weighted by atomic mass is 32.2. The second-order valence-corrected chi connectivity index (χ2v) is 5.36. The van der Waals surface area contributed by atoms with Crippen molar-refractivity contribution >= 4 is 15.9 Å². The van der Waals surface area contributed by atoms with Crippen LogP contribution in [0.3, 0.4) is 0 Å². The average molecular weight is 272 g/mol. The Morgan fingerprint density at radius 2 is 1.94 bits per heavy atom. The fourth-order valence-electron chi connectivity index (χ4n) is 1.24. The van der Waals surface area contributed by atoms with E-state index in [1.165, 1.54) is 19.1 Å². The highest BCUT2D eigenvalue weighted by Crippen LogP contribution is 2.16. The van der Waals surface area contributed by atoms with Crippen LogP contribution in [0.15, 0.2) is 29.2 Å². The lowest BCUT2D eigenvalue weighted by molar-refractivity contribution is -0.119. The van der Waals surface area contributed by atoms with Crippen molar-refractivity contribution in [1.82, 2.24) is 4.72 Å². The standard InChI is InChI=1S/C11H16N2O4S/c1-3-17-9-4-6-10(7-5-9)18(15,16)13-8(2)11(12)14/h4-8,13H,3H2,1-2H3,(H2,12,14)/t8-/m0/s1. The van der Waals surface area contributed by atoms with Crippen LogP contribution in [0.25, 0.3) is 0 Å². The molecular formula is C11H16N2O4S. The van der Waals surface area contributed by atoms with Crippen LogP contribution in [0.4, 0.5) is 0 Å². The lowest BCUT2D eigenvalue weighted by Crippen LogP contribution is -2.42. The first-order valence-electron chi connectivity index (χ1n) is 5.41. The molecule has 0 radical (unpaired) electrons. The van der Waals surface area contributed by atoms with Gasteiger partial charge >= 0.3 is 0 Å². The summed E-state index contributed by atoms with van der Waals surface area (Å²) in [6, 6.07) is 4.95. The lowest BCUT2D eigenvalue weighted by Gasteiger charge is -2.11. The summed E-state index contributed by atoms with van der Waals surface area (Å²) in [4.78, 5) is 10.9. The number of hydrogen-bond acceptors (Lipinski definition) is 4. The van der Waals surface area contributed by atoms with Gasteiger partial charge in [-0.3, -0.25) is 4.79 Å². The molecule has 0 bridgehead atoms. The van der Waals surface area contributed by atoms with Crippen molar-refractivity contribution in [2.75, 3.05) is 6.61 Å². The van der Waals surface area contributed by atoms with Crippen LogP contribution in [0.1, 0.15) is 13.8 Å². The van der Waals surface area contributed by atoms with Crippen LogP contribution in [-0.2, 0) is 14.8 Å². The van der Waals surface area contributed by atoms with E-state index < -0.39 is 22.0 Å². The van der Waals surface area contributed by atoms with Gasteiger partial charge in [0.1, 0.15) is 5.75 Å². The molecule has 1 aromatic carbocycles. The summed E-state index contributed by atoms with van der Waals surface area (Å²) in [6.07, 6.45) is 0. The average Bonchev–Trinajstić information content (AvgIpc) is 2.29. The lowest BCUT2D eigenvalue weighted by atomic mass is 10.3. The van der Waals surface area contributed by atoms with Gasteiger partial charge in [0.2, 0.25) is 15.9 Å². The van der Waals surface area contributed by atoms with Crippen molar-refractivity contribution in [3.8, 4) is 5.75 Å². The Balaban J connectivity index is 2.88. The number of carbonyl (C=O) groups is 1. The minimum absolute atomic E-state index is 0.0547. The zero-order chi connectivity index (χ0) is 13.8. The first-order valence-corrected chi connectivity index (χ1v) is 6.89. The topological polar surface area (TPSA) is 98.5 Å². The number of carbonyl (C=O) groups excluding carboxylic acids is 1. The number of sulfonamides is 1. The number of amides is 1. The predicted octanol–water partition coefficient (Wildman–Crippen LogP) is 0.237. The summed E-state index contributed by atoms with van der Waals surface area (Å²) in [5, 5.41) is 0. The van der Waals surface area contributed by atoms with E-state index in [0.29, 0.717) is 12.4 Å². The zero-order valence-corrected chi connectivity index (χ0v) is 11.0. The van der Waals surface area contributed by atoms with Gasteiger partial charge in [-0.05, 0) is 38.1 Å². The van der Waals surface area contributed by atoms with E-state index in [1.54, 1.807) is 12.1 Å². The van der Waals surface area contributed by atoms with Crippen molar-refractivity contribution in [2.24, 2.45) is 5.73 Å². The molecule has 0 unspecified atom stereocenters. The molecule has 0 spiro atoms. The molecule has 3 N–H and O–H groups in total. The van der Waals surface area contributed by atoms with E-state index in [0.717, 1.165) is 0 Å². The van der Waals surface area contributed by atoms with Gasteiger partial charge in [-0.2, -0.15) is 4.72 Å². The fraction of sp³-hybridized carbons (Fsp3) is 0.364. The van der Waals surface area contributed by atoms with Crippen molar-refractivity contribution in [2.45, 2.75) is 24.8 Å². The number of benzene rings is 1. The third-order valence-electron chi connectivity index (χ3n) is 2.20. The molecule has 7 heteroatoms. The van der Waals surface area contributed by atoms with Crippen molar-refractivity contribution < 1.29 is 17.9 Å². The maximum atomic E-state index is 11.9. The Bertz CT molecular complexity index is 510. The minimum Gasteiger partial charge on any atom is -0.494 e. The van der Waals surface area contributed by atoms with Crippen LogP contribution in [0.5, 0.6) is 5.75 Å².